The zero-order valence-electron chi connectivity index (χ0n) is 20.4. The quantitative estimate of drug-likeness (QED) is 0.367. The van der Waals surface area contributed by atoms with Crippen LogP contribution in [0.5, 0.6) is 5.75 Å². The molecule has 190 valence electrons. The van der Waals surface area contributed by atoms with E-state index < -0.39 is 11.3 Å². The van der Waals surface area contributed by atoms with E-state index in [1.54, 1.807) is 36.4 Å². The van der Waals surface area contributed by atoms with Crippen molar-refractivity contribution < 1.29 is 13.9 Å². The van der Waals surface area contributed by atoms with Crippen LogP contribution in [0.4, 0.5) is 0 Å². The van der Waals surface area contributed by atoms with Crippen LogP contribution in [-0.4, -0.2) is 27.7 Å². The van der Waals surface area contributed by atoms with Gasteiger partial charge >= 0.3 is 11.3 Å². The second-order valence-electron chi connectivity index (χ2n) is 10.3. The largest absolute Gasteiger partial charge is 0.507 e. The third kappa shape index (κ3) is 3.68. The van der Waals surface area contributed by atoms with E-state index in [1.165, 1.54) is 6.07 Å². The highest BCUT2D eigenvalue weighted by Crippen LogP contribution is 2.38. The molecular weight excluding hydrogens is 484 g/mol. The molecule has 2 aliphatic heterocycles. The second-order valence-corrected chi connectivity index (χ2v) is 10.3. The number of pyridine rings is 1. The van der Waals surface area contributed by atoms with Crippen molar-refractivity contribution in [3.05, 3.63) is 109 Å². The predicted molar refractivity (Wildman–Crippen MR) is 142 cm³/mol. The van der Waals surface area contributed by atoms with Crippen LogP contribution >= 0.6 is 0 Å². The molecule has 2 aliphatic rings. The molecule has 8 heteroatoms. The van der Waals surface area contributed by atoms with Crippen LogP contribution in [0.25, 0.3) is 33.1 Å². The molecule has 1 N–H and O–H groups in total. The molecule has 7 rings (SSSR count). The Balaban J connectivity index is 1.31. The topological polar surface area (TPSA) is 106 Å². The van der Waals surface area contributed by atoms with Gasteiger partial charge in [-0.2, -0.15) is 0 Å². The minimum atomic E-state index is -0.615. The summed E-state index contributed by atoms with van der Waals surface area (Å²) in [7, 11) is 0. The minimum Gasteiger partial charge on any atom is -0.507 e. The lowest BCUT2D eigenvalue weighted by atomic mass is 9.83. The molecule has 0 unspecified atom stereocenters. The molecule has 2 aromatic carbocycles. The highest BCUT2D eigenvalue weighted by molar-refractivity contribution is 5.97. The van der Waals surface area contributed by atoms with Gasteiger partial charge in [-0.25, -0.2) is 9.59 Å². The van der Waals surface area contributed by atoms with E-state index in [9.17, 15) is 19.5 Å². The SMILES string of the molecule is O=c1cc(-c2cc3ccccc3oc2=O)c2ccc(O)c(CN3C[C@H]4C[C@@H](C3)c3cccc(=O)n3C4)c2o1. The van der Waals surface area contributed by atoms with Crippen molar-refractivity contribution >= 4 is 21.9 Å². The van der Waals surface area contributed by atoms with Crippen molar-refractivity contribution in [3.8, 4) is 16.9 Å². The van der Waals surface area contributed by atoms with E-state index in [0.717, 1.165) is 24.0 Å². The van der Waals surface area contributed by atoms with Gasteiger partial charge in [0.25, 0.3) is 5.56 Å². The maximum Gasteiger partial charge on any atom is 0.344 e. The number of fused-ring (bicyclic) bond motifs is 6. The summed E-state index contributed by atoms with van der Waals surface area (Å²) >= 11 is 0. The molecule has 0 radical (unpaired) electrons. The summed E-state index contributed by atoms with van der Waals surface area (Å²) in [5.74, 6) is 0.539. The molecule has 0 aliphatic carbocycles. The van der Waals surface area contributed by atoms with Crippen molar-refractivity contribution in [2.75, 3.05) is 13.1 Å². The molecule has 3 aromatic heterocycles. The van der Waals surface area contributed by atoms with Gasteiger partial charge in [0.05, 0.1) is 11.1 Å². The number of hydrogen-bond donors (Lipinski definition) is 1. The van der Waals surface area contributed by atoms with Crippen LogP contribution in [0.2, 0.25) is 0 Å². The number of likely N-dealkylation sites (tertiary alicyclic amines) is 1. The molecular formula is C30H24N2O6. The first-order valence-corrected chi connectivity index (χ1v) is 12.7. The molecule has 38 heavy (non-hydrogen) atoms. The Labute approximate surface area is 216 Å². The first-order chi connectivity index (χ1) is 18.4. The molecule has 1 saturated heterocycles. The summed E-state index contributed by atoms with van der Waals surface area (Å²) in [5, 5.41) is 12.2. The molecule has 0 spiro atoms. The summed E-state index contributed by atoms with van der Waals surface area (Å²) in [6.45, 7) is 2.51. The lowest BCUT2D eigenvalue weighted by Crippen LogP contribution is -2.46. The number of benzene rings is 2. The van der Waals surface area contributed by atoms with E-state index in [-0.39, 0.29) is 28.4 Å². The Hall–Kier alpha value is -4.43. The van der Waals surface area contributed by atoms with Gasteiger partial charge in [0, 0.05) is 66.3 Å². The summed E-state index contributed by atoms with van der Waals surface area (Å²) in [6.07, 6.45) is 1.01. The van der Waals surface area contributed by atoms with Crippen LogP contribution < -0.4 is 16.8 Å². The van der Waals surface area contributed by atoms with E-state index in [0.29, 0.717) is 47.6 Å². The van der Waals surface area contributed by atoms with Crippen molar-refractivity contribution in [3.63, 3.8) is 0 Å². The smallest absolute Gasteiger partial charge is 0.344 e. The van der Waals surface area contributed by atoms with E-state index in [4.69, 9.17) is 8.83 Å². The van der Waals surface area contributed by atoms with Crippen molar-refractivity contribution in [1.29, 1.82) is 0 Å². The molecule has 5 aromatic rings. The standard InChI is InChI=1S/C30H24N2O6/c33-25-9-8-20-21(22-11-18-4-1-2-6-26(18)37-30(22)36)12-28(35)38-29(20)23(25)16-31-13-17-10-19(15-31)24-5-3-7-27(34)32(24)14-17/h1-9,11-12,17,19,33H,10,13-16H2/t17-,19+/m1/s1. The number of phenols is 1. The van der Waals surface area contributed by atoms with E-state index in [2.05, 4.69) is 4.90 Å². The fourth-order valence-corrected chi connectivity index (χ4v) is 6.25. The monoisotopic (exact) mass is 508 g/mol. The molecule has 5 heterocycles. The van der Waals surface area contributed by atoms with Crippen LogP contribution in [0.3, 0.4) is 0 Å². The number of hydrogen-bond acceptors (Lipinski definition) is 7. The summed E-state index contributed by atoms with van der Waals surface area (Å²) in [5.41, 5.74) is 1.78. The van der Waals surface area contributed by atoms with Gasteiger partial charge in [-0.15, -0.1) is 0 Å². The predicted octanol–water partition coefficient (Wildman–Crippen LogP) is 4.05. The molecule has 2 atom stereocenters. The lowest BCUT2D eigenvalue weighted by molar-refractivity contribution is 0.113. The fourth-order valence-electron chi connectivity index (χ4n) is 6.25. The third-order valence-electron chi connectivity index (χ3n) is 7.86. The van der Waals surface area contributed by atoms with Gasteiger partial charge in [-0.3, -0.25) is 9.69 Å². The minimum absolute atomic E-state index is 0.0238. The third-order valence-corrected chi connectivity index (χ3v) is 7.86. The Morgan fingerprint density at radius 2 is 1.74 bits per heavy atom. The fraction of sp³-hybridized carbons (Fsp3) is 0.233. The van der Waals surface area contributed by atoms with Gasteiger partial charge in [-0.05, 0) is 42.7 Å². The van der Waals surface area contributed by atoms with Gasteiger partial charge in [0.2, 0.25) is 0 Å². The number of aromatic nitrogens is 1. The second kappa shape index (κ2) is 8.56. The lowest BCUT2D eigenvalue weighted by Gasteiger charge is -2.42. The van der Waals surface area contributed by atoms with Crippen molar-refractivity contribution in [2.24, 2.45) is 5.92 Å². The number of rotatable bonds is 3. The van der Waals surface area contributed by atoms with Crippen LogP contribution in [-0.2, 0) is 13.1 Å². The number of nitrogens with zero attached hydrogens (tertiary/aromatic N) is 2. The van der Waals surface area contributed by atoms with Crippen molar-refractivity contribution in [1.82, 2.24) is 9.47 Å². The summed E-state index contributed by atoms with van der Waals surface area (Å²) < 4.78 is 13.1. The maximum atomic E-state index is 12.9. The zero-order chi connectivity index (χ0) is 26.0. The number of aromatic hydroxyl groups is 1. The van der Waals surface area contributed by atoms with E-state index >= 15 is 0 Å². The van der Waals surface area contributed by atoms with Gasteiger partial charge in [0.1, 0.15) is 16.9 Å². The number of phenolic OH excluding ortho intramolecular Hbond substituents is 1. The highest BCUT2D eigenvalue weighted by Gasteiger charge is 2.35. The normalized spacial score (nSPS) is 19.1. The van der Waals surface area contributed by atoms with Gasteiger partial charge < -0.3 is 18.5 Å². The zero-order valence-corrected chi connectivity index (χ0v) is 20.4. The first kappa shape index (κ1) is 22.7. The molecule has 0 amide bonds. The van der Waals surface area contributed by atoms with Crippen LogP contribution in [0.15, 0.2) is 89.9 Å². The van der Waals surface area contributed by atoms with Crippen LogP contribution in [0, 0.1) is 5.92 Å². The average Bonchev–Trinajstić information content (AvgIpc) is 2.90. The Kier molecular flexibility index (Phi) is 5.13. The Morgan fingerprint density at radius 3 is 2.63 bits per heavy atom. The summed E-state index contributed by atoms with van der Waals surface area (Å²) in [4.78, 5) is 40.2. The average molecular weight is 509 g/mol. The molecule has 0 saturated carbocycles. The van der Waals surface area contributed by atoms with Gasteiger partial charge in [-0.1, -0.05) is 24.3 Å². The number of para-hydroxylation sites is 1. The molecule has 8 nitrogen and oxygen atoms in total. The summed E-state index contributed by atoms with van der Waals surface area (Å²) in [6, 6.07) is 18.9. The van der Waals surface area contributed by atoms with Crippen LogP contribution in [0.1, 0.15) is 23.6 Å². The van der Waals surface area contributed by atoms with E-state index in [1.807, 2.05) is 28.8 Å². The first-order valence-electron chi connectivity index (χ1n) is 12.7. The molecule has 1 fully saturated rings. The number of piperidine rings is 1. The Bertz CT molecular complexity index is 1920. The van der Waals surface area contributed by atoms with Gasteiger partial charge in [0.15, 0.2) is 0 Å². The Morgan fingerprint density at radius 1 is 0.868 bits per heavy atom. The van der Waals surface area contributed by atoms with Crippen molar-refractivity contribution in [2.45, 2.75) is 25.4 Å². The highest BCUT2D eigenvalue weighted by atomic mass is 16.4. The maximum absolute atomic E-state index is 12.9. The molecule has 2 bridgehead atoms.